The first-order chi connectivity index (χ1) is 9.19. The van der Waals surface area contributed by atoms with Crippen molar-refractivity contribution in [3.63, 3.8) is 0 Å². The van der Waals surface area contributed by atoms with E-state index in [-0.39, 0.29) is 0 Å². The van der Waals surface area contributed by atoms with Gasteiger partial charge in [-0.25, -0.2) is 4.98 Å². The molecule has 2 rings (SSSR count). The van der Waals surface area contributed by atoms with Crippen LogP contribution in [0.1, 0.15) is 17.0 Å². The number of rotatable bonds is 6. The van der Waals surface area contributed by atoms with Gasteiger partial charge in [-0.3, -0.25) is 0 Å². The quantitative estimate of drug-likeness (QED) is 0.855. The molecule has 0 bridgehead atoms. The predicted octanol–water partition coefficient (Wildman–Crippen LogP) is 1.55. The van der Waals surface area contributed by atoms with E-state index in [1.807, 2.05) is 19.4 Å². The van der Waals surface area contributed by atoms with Gasteiger partial charge in [-0.05, 0) is 18.2 Å². The maximum Gasteiger partial charge on any atom is 0.109 e. The van der Waals surface area contributed by atoms with Gasteiger partial charge in [0.15, 0.2) is 0 Å². The maximum atomic E-state index is 5.60. The van der Waals surface area contributed by atoms with Crippen molar-refractivity contribution in [1.82, 2.24) is 14.5 Å². The van der Waals surface area contributed by atoms with Gasteiger partial charge < -0.3 is 15.2 Å². The highest BCUT2D eigenvalue weighted by Gasteiger charge is 2.04. The number of benzene rings is 1. The van der Waals surface area contributed by atoms with E-state index >= 15 is 0 Å². The molecule has 0 radical (unpaired) electrons. The molecule has 4 heteroatoms. The van der Waals surface area contributed by atoms with Crippen LogP contribution in [0.2, 0.25) is 0 Å². The molecule has 0 aliphatic heterocycles. The Balaban J connectivity index is 1.83. The second kappa shape index (κ2) is 6.50. The number of imidazole rings is 1. The first-order valence-electron chi connectivity index (χ1n) is 6.61. The van der Waals surface area contributed by atoms with E-state index in [9.17, 15) is 0 Å². The molecule has 2 aromatic rings. The second-order valence-corrected chi connectivity index (χ2v) is 4.96. The van der Waals surface area contributed by atoms with Gasteiger partial charge in [0.25, 0.3) is 0 Å². The van der Waals surface area contributed by atoms with Crippen LogP contribution >= 0.6 is 0 Å². The summed E-state index contributed by atoms with van der Waals surface area (Å²) in [6.07, 6.45) is 4.81. The van der Waals surface area contributed by atoms with Crippen molar-refractivity contribution in [3.8, 4) is 0 Å². The lowest BCUT2D eigenvalue weighted by molar-refractivity contribution is 0.327. The van der Waals surface area contributed by atoms with E-state index in [1.165, 1.54) is 11.1 Å². The third-order valence-corrected chi connectivity index (χ3v) is 3.35. The summed E-state index contributed by atoms with van der Waals surface area (Å²) in [7, 11) is 4.17. The molecule has 0 spiro atoms. The summed E-state index contributed by atoms with van der Waals surface area (Å²) in [6.45, 7) is 2.56. The minimum Gasteiger partial charge on any atom is -0.338 e. The molecule has 0 atom stereocenters. The fourth-order valence-corrected chi connectivity index (χ4v) is 2.10. The minimum absolute atomic E-state index is 0.606. The van der Waals surface area contributed by atoms with E-state index < -0.39 is 0 Å². The monoisotopic (exact) mass is 258 g/mol. The third kappa shape index (κ3) is 3.91. The molecular weight excluding hydrogens is 236 g/mol. The molecule has 0 amide bonds. The average molecular weight is 258 g/mol. The van der Waals surface area contributed by atoms with Crippen LogP contribution < -0.4 is 5.73 Å². The number of hydrogen-bond donors (Lipinski definition) is 1. The predicted molar refractivity (Wildman–Crippen MR) is 77.6 cm³/mol. The molecule has 0 fully saturated rings. The number of hydrogen-bond acceptors (Lipinski definition) is 3. The lowest BCUT2D eigenvalue weighted by atomic mass is 10.1. The van der Waals surface area contributed by atoms with E-state index in [2.05, 4.69) is 45.8 Å². The fraction of sp³-hybridized carbons (Fsp3) is 0.400. The van der Waals surface area contributed by atoms with Crippen LogP contribution in [0.5, 0.6) is 0 Å². The van der Waals surface area contributed by atoms with Gasteiger partial charge >= 0.3 is 0 Å². The Labute approximate surface area is 114 Å². The first-order valence-corrected chi connectivity index (χ1v) is 6.61. The summed E-state index contributed by atoms with van der Waals surface area (Å²) in [6, 6.07) is 8.50. The minimum atomic E-state index is 0.606. The van der Waals surface area contributed by atoms with Gasteiger partial charge in [0.1, 0.15) is 5.82 Å². The Kier molecular flexibility index (Phi) is 4.71. The zero-order valence-electron chi connectivity index (χ0n) is 11.7. The number of likely N-dealkylation sites (N-methyl/N-ethyl adjacent to an activating group) is 1. The molecule has 0 unspecified atom stereocenters. The van der Waals surface area contributed by atoms with Crippen LogP contribution in [0.3, 0.4) is 0 Å². The van der Waals surface area contributed by atoms with Crippen LogP contribution in [0.4, 0.5) is 0 Å². The van der Waals surface area contributed by atoms with Crippen molar-refractivity contribution in [2.24, 2.45) is 12.8 Å². The van der Waals surface area contributed by atoms with Crippen molar-refractivity contribution in [2.75, 3.05) is 13.6 Å². The van der Waals surface area contributed by atoms with Crippen LogP contribution in [-0.2, 0) is 26.6 Å². The number of nitrogens with zero attached hydrogens (tertiary/aromatic N) is 3. The van der Waals surface area contributed by atoms with Crippen molar-refractivity contribution >= 4 is 0 Å². The molecule has 19 heavy (non-hydrogen) atoms. The lowest BCUT2D eigenvalue weighted by Crippen LogP contribution is -2.21. The Morgan fingerprint density at radius 1 is 1.21 bits per heavy atom. The zero-order valence-corrected chi connectivity index (χ0v) is 11.7. The molecule has 102 valence electrons. The standard InChI is InChI=1S/C15H22N4/c1-18(9-7-15-17-8-10-19(15)2)12-14-5-3-13(11-16)4-6-14/h3-6,8,10H,7,9,11-12,16H2,1-2H3. The fourth-order valence-electron chi connectivity index (χ4n) is 2.10. The summed E-state index contributed by atoms with van der Waals surface area (Å²) in [5.74, 6) is 1.13. The van der Waals surface area contributed by atoms with Crippen LogP contribution in [0, 0.1) is 0 Å². The normalized spacial score (nSPS) is 11.2. The Morgan fingerprint density at radius 2 is 1.89 bits per heavy atom. The van der Waals surface area contributed by atoms with Gasteiger partial charge in [-0.1, -0.05) is 24.3 Å². The van der Waals surface area contributed by atoms with Gasteiger partial charge in [-0.15, -0.1) is 0 Å². The van der Waals surface area contributed by atoms with Gasteiger partial charge in [0.2, 0.25) is 0 Å². The topological polar surface area (TPSA) is 47.1 Å². The lowest BCUT2D eigenvalue weighted by Gasteiger charge is -2.16. The van der Waals surface area contributed by atoms with E-state index in [0.717, 1.165) is 25.3 Å². The summed E-state index contributed by atoms with van der Waals surface area (Å²) >= 11 is 0. The van der Waals surface area contributed by atoms with E-state index in [0.29, 0.717) is 6.54 Å². The van der Waals surface area contributed by atoms with Gasteiger partial charge in [-0.2, -0.15) is 0 Å². The Bertz CT molecular complexity index is 501. The zero-order chi connectivity index (χ0) is 13.7. The Hall–Kier alpha value is -1.65. The van der Waals surface area contributed by atoms with Gasteiger partial charge in [0, 0.05) is 45.5 Å². The molecule has 1 aromatic carbocycles. The van der Waals surface area contributed by atoms with Crippen LogP contribution in [0.15, 0.2) is 36.7 Å². The van der Waals surface area contributed by atoms with Gasteiger partial charge in [0.05, 0.1) is 0 Å². The summed E-state index contributed by atoms with van der Waals surface area (Å²) in [5, 5.41) is 0. The SMILES string of the molecule is CN(CCc1nccn1C)Cc1ccc(CN)cc1. The van der Waals surface area contributed by atoms with Crippen molar-refractivity contribution < 1.29 is 0 Å². The highest BCUT2D eigenvalue weighted by atomic mass is 15.1. The van der Waals surface area contributed by atoms with Crippen LogP contribution in [-0.4, -0.2) is 28.0 Å². The summed E-state index contributed by atoms with van der Waals surface area (Å²) < 4.78 is 2.07. The number of aryl methyl sites for hydroxylation is 1. The molecule has 0 aliphatic carbocycles. The molecule has 2 N–H and O–H groups in total. The van der Waals surface area contributed by atoms with E-state index in [4.69, 9.17) is 5.73 Å². The number of aromatic nitrogens is 2. The molecule has 0 saturated heterocycles. The number of nitrogens with two attached hydrogens (primary N) is 1. The highest BCUT2D eigenvalue weighted by molar-refractivity contribution is 5.22. The molecule has 1 aromatic heterocycles. The van der Waals surface area contributed by atoms with Crippen molar-refractivity contribution in [2.45, 2.75) is 19.5 Å². The molecule has 1 heterocycles. The maximum absolute atomic E-state index is 5.60. The summed E-state index contributed by atoms with van der Waals surface area (Å²) in [4.78, 5) is 6.65. The van der Waals surface area contributed by atoms with Crippen molar-refractivity contribution in [3.05, 3.63) is 53.6 Å². The largest absolute Gasteiger partial charge is 0.338 e. The molecule has 0 aliphatic rings. The Morgan fingerprint density at radius 3 is 2.47 bits per heavy atom. The highest BCUT2D eigenvalue weighted by Crippen LogP contribution is 2.07. The van der Waals surface area contributed by atoms with E-state index in [1.54, 1.807) is 0 Å². The van der Waals surface area contributed by atoms with Crippen molar-refractivity contribution in [1.29, 1.82) is 0 Å². The summed E-state index contributed by atoms with van der Waals surface area (Å²) in [5.41, 5.74) is 8.10. The van der Waals surface area contributed by atoms with Crippen LogP contribution in [0.25, 0.3) is 0 Å². The molecular formula is C15H22N4. The molecule has 0 saturated carbocycles. The first kappa shape index (κ1) is 13.8. The third-order valence-electron chi connectivity index (χ3n) is 3.35. The second-order valence-electron chi connectivity index (χ2n) is 4.96. The average Bonchev–Trinajstić information content (AvgIpc) is 2.83. The smallest absolute Gasteiger partial charge is 0.109 e. The molecule has 4 nitrogen and oxygen atoms in total.